The van der Waals surface area contributed by atoms with Gasteiger partial charge in [-0.3, -0.25) is 9.59 Å². The van der Waals surface area contributed by atoms with E-state index < -0.39 is 21.9 Å². The highest BCUT2D eigenvalue weighted by molar-refractivity contribution is 7.89. The lowest BCUT2D eigenvalue weighted by atomic mass is 10.2. The van der Waals surface area contributed by atoms with Gasteiger partial charge < -0.3 is 18.8 Å². The van der Waals surface area contributed by atoms with Crippen LogP contribution in [0, 0.1) is 0 Å². The summed E-state index contributed by atoms with van der Waals surface area (Å²) >= 11 is 1.20. The third kappa shape index (κ3) is 6.67. The van der Waals surface area contributed by atoms with Crippen LogP contribution in [0.25, 0.3) is 10.2 Å². The number of amides is 1. The summed E-state index contributed by atoms with van der Waals surface area (Å²) in [4.78, 5) is 30.2. The van der Waals surface area contributed by atoms with Crippen molar-refractivity contribution in [2.45, 2.75) is 31.8 Å². The summed E-state index contributed by atoms with van der Waals surface area (Å²) in [6.45, 7) is 4.05. The molecule has 1 aromatic heterocycles. The maximum atomic E-state index is 13.3. The summed E-state index contributed by atoms with van der Waals surface area (Å²) in [5.41, 5.74) is 1.69. The van der Waals surface area contributed by atoms with E-state index >= 15 is 0 Å². The molecule has 0 saturated carbocycles. The van der Waals surface area contributed by atoms with E-state index in [0.29, 0.717) is 17.0 Å². The minimum Gasteiger partial charge on any atom is -0.493 e. The summed E-state index contributed by atoms with van der Waals surface area (Å²) in [6.07, 6.45) is 0. The molecule has 0 saturated heterocycles. The fourth-order valence-electron chi connectivity index (χ4n) is 4.19. The van der Waals surface area contributed by atoms with Crippen LogP contribution in [0.4, 0.5) is 0 Å². The molecule has 0 unspecified atom stereocenters. The summed E-state index contributed by atoms with van der Waals surface area (Å²) in [5, 5.41) is 0. The van der Waals surface area contributed by atoms with Crippen LogP contribution < -0.4 is 14.3 Å². The van der Waals surface area contributed by atoms with Gasteiger partial charge in [0.1, 0.15) is 6.54 Å². The van der Waals surface area contributed by atoms with Gasteiger partial charge in [0.2, 0.25) is 10.0 Å². The molecule has 12 heteroatoms. The SMILES string of the molecule is CCOC(=O)Cn1c(=NC(=O)c2ccc(S(=O)(=O)N(CC)Cc3ccccc3)cc2)sc2cc(OC)c(OC)cc21. The van der Waals surface area contributed by atoms with Gasteiger partial charge in [0.05, 0.1) is 35.9 Å². The van der Waals surface area contributed by atoms with Crippen molar-refractivity contribution in [1.82, 2.24) is 8.87 Å². The molecule has 10 nitrogen and oxygen atoms in total. The lowest BCUT2D eigenvalue weighted by Gasteiger charge is -2.20. The van der Waals surface area contributed by atoms with E-state index in [2.05, 4.69) is 4.99 Å². The molecule has 0 fully saturated rings. The highest BCUT2D eigenvalue weighted by Crippen LogP contribution is 2.33. The second-order valence-corrected chi connectivity index (χ2v) is 11.8. The van der Waals surface area contributed by atoms with Gasteiger partial charge in [-0.1, -0.05) is 48.6 Å². The minimum atomic E-state index is -3.79. The molecule has 0 atom stereocenters. The second-order valence-electron chi connectivity index (χ2n) is 8.81. The molecular formula is C29H31N3O7S2. The van der Waals surface area contributed by atoms with E-state index in [0.717, 1.165) is 10.3 Å². The Morgan fingerprint density at radius 3 is 2.22 bits per heavy atom. The summed E-state index contributed by atoms with van der Waals surface area (Å²) < 4.78 is 46.2. The molecule has 0 aliphatic rings. The number of hydrogen-bond acceptors (Lipinski definition) is 8. The molecule has 0 N–H and O–H groups in total. The third-order valence-corrected chi connectivity index (χ3v) is 9.25. The first-order valence-electron chi connectivity index (χ1n) is 12.9. The zero-order valence-corrected chi connectivity index (χ0v) is 24.8. The van der Waals surface area contributed by atoms with Crippen molar-refractivity contribution in [3.8, 4) is 11.5 Å². The number of hydrogen-bond donors (Lipinski definition) is 0. The van der Waals surface area contributed by atoms with Gasteiger partial charge in [-0.05, 0) is 36.8 Å². The number of ether oxygens (including phenoxy) is 3. The van der Waals surface area contributed by atoms with Gasteiger partial charge in [-0.25, -0.2) is 8.42 Å². The van der Waals surface area contributed by atoms with Crippen LogP contribution in [0.5, 0.6) is 11.5 Å². The van der Waals surface area contributed by atoms with Crippen LogP contribution in [0.3, 0.4) is 0 Å². The highest BCUT2D eigenvalue weighted by atomic mass is 32.2. The topological polar surface area (TPSA) is 117 Å². The van der Waals surface area contributed by atoms with Gasteiger partial charge in [0.15, 0.2) is 16.3 Å². The number of methoxy groups -OCH3 is 2. The van der Waals surface area contributed by atoms with Crippen LogP contribution in [0.1, 0.15) is 29.8 Å². The van der Waals surface area contributed by atoms with Gasteiger partial charge in [-0.2, -0.15) is 9.30 Å². The Kier molecular flexibility index (Phi) is 9.58. The van der Waals surface area contributed by atoms with Crippen molar-refractivity contribution in [2.75, 3.05) is 27.4 Å². The number of carbonyl (C=O) groups is 2. The van der Waals surface area contributed by atoms with Gasteiger partial charge in [-0.15, -0.1) is 0 Å². The number of esters is 1. The first-order chi connectivity index (χ1) is 19.7. The Hall–Kier alpha value is -4.00. The Morgan fingerprint density at radius 1 is 0.951 bits per heavy atom. The van der Waals surface area contributed by atoms with E-state index in [-0.39, 0.29) is 41.5 Å². The smallest absolute Gasteiger partial charge is 0.326 e. The Balaban J connectivity index is 1.68. The van der Waals surface area contributed by atoms with Gasteiger partial charge >= 0.3 is 5.97 Å². The summed E-state index contributed by atoms with van der Waals surface area (Å²) in [5.74, 6) is -0.124. The molecule has 1 heterocycles. The van der Waals surface area contributed by atoms with Crippen molar-refractivity contribution >= 4 is 43.5 Å². The number of carbonyl (C=O) groups excluding carboxylic acids is 2. The summed E-state index contributed by atoms with van der Waals surface area (Å²) in [6, 6.07) is 18.5. The molecule has 4 rings (SSSR count). The van der Waals surface area contributed by atoms with E-state index in [4.69, 9.17) is 14.2 Å². The van der Waals surface area contributed by atoms with E-state index in [9.17, 15) is 18.0 Å². The first kappa shape index (κ1) is 30.0. The molecule has 0 aliphatic heterocycles. The van der Waals surface area contributed by atoms with E-state index in [1.807, 2.05) is 30.3 Å². The molecule has 0 bridgehead atoms. The Morgan fingerprint density at radius 2 is 1.61 bits per heavy atom. The molecule has 216 valence electrons. The normalized spacial score (nSPS) is 12.1. The monoisotopic (exact) mass is 597 g/mol. The highest BCUT2D eigenvalue weighted by Gasteiger charge is 2.24. The second kappa shape index (κ2) is 13.1. The van der Waals surface area contributed by atoms with Crippen LogP contribution >= 0.6 is 11.3 Å². The average Bonchev–Trinajstić information content (AvgIpc) is 3.30. The molecule has 0 spiro atoms. The largest absolute Gasteiger partial charge is 0.493 e. The summed E-state index contributed by atoms with van der Waals surface area (Å²) in [7, 11) is -0.769. The van der Waals surface area contributed by atoms with Gasteiger partial charge in [0, 0.05) is 30.8 Å². The standard InChI is InChI=1S/C29H31N3O7S2/c1-5-31(18-20-10-8-7-9-11-20)41(35,36)22-14-12-21(13-15-22)28(34)30-29-32(19-27(33)39-6-2)23-16-24(37-3)25(38-4)17-26(23)40-29/h7-17H,5-6,18-19H2,1-4H3. The van der Waals surface area contributed by atoms with Crippen molar-refractivity contribution < 1.29 is 32.2 Å². The number of nitrogens with zero attached hydrogens (tertiary/aromatic N) is 3. The van der Waals surface area contributed by atoms with Crippen LogP contribution in [0.2, 0.25) is 0 Å². The molecule has 0 aliphatic carbocycles. The van der Waals surface area contributed by atoms with Crippen molar-refractivity contribution in [1.29, 1.82) is 0 Å². The van der Waals surface area contributed by atoms with Crippen molar-refractivity contribution in [3.63, 3.8) is 0 Å². The minimum absolute atomic E-state index is 0.0743. The van der Waals surface area contributed by atoms with Crippen LogP contribution in [0.15, 0.2) is 76.6 Å². The maximum absolute atomic E-state index is 13.3. The molecule has 1 amide bonds. The zero-order chi connectivity index (χ0) is 29.6. The van der Waals surface area contributed by atoms with Crippen LogP contribution in [-0.2, 0) is 32.6 Å². The number of thiazole rings is 1. The Bertz CT molecular complexity index is 1710. The molecule has 4 aromatic rings. The zero-order valence-electron chi connectivity index (χ0n) is 23.2. The third-order valence-electron chi connectivity index (χ3n) is 6.27. The molecule has 0 radical (unpaired) electrons. The average molecular weight is 598 g/mol. The number of aromatic nitrogens is 1. The number of rotatable bonds is 11. The van der Waals surface area contributed by atoms with E-state index in [1.165, 1.54) is 54.1 Å². The quantitative estimate of drug-likeness (QED) is 0.238. The number of benzene rings is 3. The van der Waals surface area contributed by atoms with Crippen molar-refractivity contribution in [2.24, 2.45) is 4.99 Å². The lowest BCUT2D eigenvalue weighted by molar-refractivity contribution is -0.143. The molecular weight excluding hydrogens is 566 g/mol. The fraction of sp³-hybridized carbons (Fsp3) is 0.276. The Labute approximate surface area is 242 Å². The first-order valence-corrected chi connectivity index (χ1v) is 15.1. The predicted molar refractivity (Wildman–Crippen MR) is 156 cm³/mol. The molecule has 41 heavy (non-hydrogen) atoms. The van der Waals surface area contributed by atoms with E-state index in [1.54, 1.807) is 30.5 Å². The van der Waals surface area contributed by atoms with Crippen LogP contribution in [-0.4, -0.2) is 56.5 Å². The fourth-order valence-corrected chi connectivity index (χ4v) is 6.67. The van der Waals surface area contributed by atoms with Gasteiger partial charge in [0.25, 0.3) is 5.91 Å². The van der Waals surface area contributed by atoms with Crippen molar-refractivity contribution in [3.05, 3.63) is 82.7 Å². The number of sulfonamides is 1. The number of fused-ring (bicyclic) bond motifs is 1. The molecule has 3 aromatic carbocycles. The predicted octanol–water partition coefficient (Wildman–Crippen LogP) is 4.24. The lowest BCUT2D eigenvalue weighted by Crippen LogP contribution is -2.30. The maximum Gasteiger partial charge on any atom is 0.326 e.